The van der Waals surface area contributed by atoms with Crippen LogP contribution in [0.4, 0.5) is 0 Å². The highest BCUT2D eigenvalue weighted by Crippen LogP contribution is 2.05. The lowest BCUT2D eigenvalue weighted by Gasteiger charge is -2.10. The number of hydrogen-bond donors (Lipinski definition) is 1. The van der Waals surface area contributed by atoms with Crippen molar-refractivity contribution in [2.75, 3.05) is 13.1 Å². The van der Waals surface area contributed by atoms with E-state index < -0.39 is 0 Å². The van der Waals surface area contributed by atoms with E-state index >= 15 is 0 Å². The Morgan fingerprint density at radius 1 is 1.47 bits per heavy atom. The van der Waals surface area contributed by atoms with Gasteiger partial charge in [0.2, 0.25) is 0 Å². The molecule has 0 aliphatic rings. The van der Waals surface area contributed by atoms with Crippen LogP contribution < -0.4 is 10.9 Å². The van der Waals surface area contributed by atoms with Gasteiger partial charge in [0, 0.05) is 19.3 Å². The van der Waals surface area contributed by atoms with Crippen molar-refractivity contribution in [3.63, 3.8) is 0 Å². The molecule has 0 saturated heterocycles. The molecule has 0 bridgehead atoms. The number of aromatic nitrogens is 2. The molecule has 0 unspecified atom stereocenters. The fraction of sp³-hybridized carbons (Fsp3) is 0.385. The third-order valence-corrected chi connectivity index (χ3v) is 4.16. The van der Waals surface area contributed by atoms with Crippen LogP contribution in [0.15, 0.2) is 32.3 Å². The molecule has 0 aromatic carbocycles. The highest BCUT2D eigenvalue weighted by Gasteiger charge is 2.04. The molecule has 0 radical (unpaired) electrons. The maximum Gasteiger partial charge on any atom is 0.267 e. The summed E-state index contributed by atoms with van der Waals surface area (Å²) in [7, 11) is 0. The van der Waals surface area contributed by atoms with E-state index in [0.29, 0.717) is 11.0 Å². The predicted molar refractivity (Wildman–Crippen MR) is 81.8 cm³/mol. The van der Waals surface area contributed by atoms with Gasteiger partial charge in [-0.2, -0.15) is 11.3 Å². The molecule has 0 amide bonds. The highest BCUT2D eigenvalue weighted by molar-refractivity contribution is 9.10. The fourth-order valence-electron chi connectivity index (χ4n) is 1.80. The third kappa shape index (κ3) is 3.99. The summed E-state index contributed by atoms with van der Waals surface area (Å²) in [5.74, 6) is 0.743. The predicted octanol–water partition coefficient (Wildman–Crippen LogP) is 2.21. The van der Waals surface area contributed by atoms with Crippen LogP contribution in [0, 0.1) is 6.92 Å². The third-order valence-electron chi connectivity index (χ3n) is 2.89. The van der Waals surface area contributed by atoms with E-state index in [4.69, 9.17) is 0 Å². The van der Waals surface area contributed by atoms with E-state index in [-0.39, 0.29) is 5.56 Å². The van der Waals surface area contributed by atoms with Crippen molar-refractivity contribution < 1.29 is 0 Å². The van der Waals surface area contributed by atoms with Gasteiger partial charge in [-0.15, -0.1) is 0 Å². The van der Waals surface area contributed by atoms with Gasteiger partial charge in [-0.25, -0.2) is 4.98 Å². The van der Waals surface area contributed by atoms with Crippen molar-refractivity contribution in [3.8, 4) is 0 Å². The number of nitrogens with zero attached hydrogens (tertiary/aromatic N) is 2. The van der Waals surface area contributed by atoms with Crippen LogP contribution in [0.25, 0.3) is 0 Å². The normalized spacial score (nSPS) is 10.8. The molecule has 102 valence electrons. The van der Waals surface area contributed by atoms with Crippen LogP contribution >= 0.6 is 27.3 Å². The smallest absolute Gasteiger partial charge is 0.267 e. The number of hydrogen-bond acceptors (Lipinski definition) is 4. The van der Waals surface area contributed by atoms with Gasteiger partial charge in [0.15, 0.2) is 0 Å². The topological polar surface area (TPSA) is 46.9 Å². The summed E-state index contributed by atoms with van der Waals surface area (Å²) in [5.41, 5.74) is 1.34. The Labute approximate surface area is 124 Å². The Morgan fingerprint density at radius 2 is 2.32 bits per heavy atom. The van der Waals surface area contributed by atoms with Gasteiger partial charge in [-0.05, 0) is 58.2 Å². The van der Waals surface area contributed by atoms with E-state index in [1.807, 2.05) is 6.92 Å². The molecule has 0 fully saturated rings. The Balaban J connectivity index is 1.80. The SMILES string of the molecule is Cc1ncc(Br)c(=O)n1CCNCCc1ccsc1. The molecule has 0 aliphatic carbocycles. The summed E-state index contributed by atoms with van der Waals surface area (Å²) in [4.78, 5) is 16.1. The van der Waals surface area contributed by atoms with Crippen LogP contribution in [0.5, 0.6) is 0 Å². The number of rotatable bonds is 6. The molecule has 2 aromatic heterocycles. The van der Waals surface area contributed by atoms with Crippen molar-refractivity contribution in [2.45, 2.75) is 19.9 Å². The molecule has 1 N–H and O–H groups in total. The lowest BCUT2D eigenvalue weighted by Crippen LogP contribution is -2.30. The van der Waals surface area contributed by atoms with Crippen LogP contribution in [-0.4, -0.2) is 22.6 Å². The van der Waals surface area contributed by atoms with Gasteiger partial charge >= 0.3 is 0 Å². The zero-order valence-corrected chi connectivity index (χ0v) is 13.1. The van der Waals surface area contributed by atoms with Crippen molar-refractivity contribution in [1.82, 2.24) is 14.9 Å². The standard InChI is InChI=1S/C13H16BrN3OS/c1-10-16-8-12(14)13(18)17(10)6-5-15-4-2-11-3-7-19-9-11/h3,7-9,15H,2,4-6H2,1H3. The first kappa shape index (κ1) is 14.4. The van der Waals surface area contributed by atoms with Crippen LogP contribution in [-0.2, 0) is 13.0 Å². The van der Waals surface area contributed by atoms with E-state index in [9.17, 15) is 4.79 Å². The number of thiophene rings is 1. The number of aryl methyl sites for hydroxylation is 1. The summed E-state index contributed by atoms with van der Waals surface area (Å²) in [5, 5.41) is 7.60. The van der Waals surface area contributed by atoms with Crippen molar-refractivity contribution in [2.24, 2.45) is 0 Å². The second kappa shape index (κ2) is 6.98. The van der Waals surface area contributed by atoms with Crippen LogP contribution in [0.2, 0.25) is 0 Å². The molecule has 2 aromatic rings. The minimum Gasteiger partial charge on any atom is -0.315 e. The monoisotopic (exact) mass is 341 g/mol. The average Bonchev–Trinajstić information content (AvgIpc) is 2.90. The van der Waals surface area contributed by atoms with Gasteiger partial charge in [-0.1, -0.05) is 0 Å². The quantitative estimate of drug-likeness (QED) is 0.819. The van der Waals surface area contributed by atoms with Gasteiger partial charge < -0.3 is 5.32 Å². The van der Waals surface area contributed by atoms with E-state index in [1.54, 1.807) is 22.1 Å². The summed E-state index contributed by atoms with van der Waals surface area (Å²) >= 11 is 4.93. The molecule has 2 heterocycles. The van der Waals surface area contributed by atoms with E-state index in [0.717, 1.165) is 25.3 Å². The van der Waals surface area contributed by atoms with Crippen molar-refractivity contribution >= 4 is 27.3 Å². The molecule has 0 aliphatic heterocycles. The number of halogens is 1. The fourth-order valence-corrected chi connectivity index (χ4v) is 2.82. The van der Waals surface area contributed by atoms with Gasteiger partial charge in [0.05, 0.1) is 0 Å². The summed E-state index contributed by atoms with van der Waals surface area (Å²) in [6.07, 6.45) is 2.58. The number of nitrogens with one attached hydrogen (secondary N) is 1. The molecular formula is C13H16BrN3OS. The second-order valence-corrected chi connectivity index (χ2v) is 5.88. The Bertz CT molecular complexity index is 580. The van der Waals surface area contributed by atoms with Gasteiger partial charge in [0.1, 0.15) is 10.3 Å². The molecule has 0 atom stereocenters. The van der Waals surface area contributed by atoms with Gasteiger partial charge in [-0.3, -0.25) is 9.36 Å². The maximum atomic E-state index is 11.9. The summed E-state index contributed by atoms with van der Waals surface area (Å²) in [6, 6.07) is 2.14. The molecule has 0 saturated carbocycles. The summed E-state index contributed by atoms with van der Waals surface area (Å²) in [6.45, 7) is 4.18. The first-order valence-electron chi connectivity index (χ1n) is 6.12. The molecule has 6 heteroatoms. The molecule has 19 heavy (non-hydrogen) atoms. The largest absolute Gasteiger partial charge is 0.315 e. The molecule has 0 spiro atoms. The molecular weight excluding hydrogens is 326 g/mol. The maximum absolute atomic E-state index is 11.9. The Hall–Kier alpha value is -0.980. The highest BCUT2D eigenvalue weighted by atomic mass is 79.9. The lowest BCUT2D eigenvalue weighted by molar-refractivity contribution is 0.565. The zero-order valence-electron chi connectivity index (χ0n) is 10.7. The van der Waals surface area contributed by atoms with Crippen molar-refractivity contribution in [1.29, 1.82) is 0 Å². The minimum absolute atomic E-state index is 0.0212. The minimum atomic E-state index is -0.0212. The average molecular weight is 342 g/mol. The lowest BCUT2D eigenvalue weighted by atomic mass is 10.2. The van der Waals surface area contributed by atoms with Gasteiger partial charge in [0.25, 0.3) is 5.56 Å². The summed E-state index contributed by atoms with van der Waals surface area (Å²) < 4.78 is 2.19. The second-order valence-electron chi connectivity index (χ2n) is 4.24. The van der Waals surface area contributed by atoms with Crippen molar-refractivity contribution in [3.05, 3.63) is 49.2 Å². The van der Waals surface area contributed by atoms with E-state index in [2.05, 4.69) is 43.1 Å². The van der Waals surface area contributed by atoms with Crippen LogP contribution in [0.1, 0.15) is 11.4 Å². The molecule has 2 rings (SSSR count). The van der Waals surface area contributed by atoms with Crippen LogP contribution in [0.3, 0.4) is 0 Å². The molecule has 4 nitrogen and oxygen atoms in total. The van der Waals surface area contributed by atoms with E-state index in [1.165, 1.54) is 5.56 Å². The zero-order chi connectivity index (χ0) is 13.7. The Kier molecular flexibility index (Phi) is 5.30. The Morgan fingerprint density at radius 3 is 3.05 bits per heavy atom. The first-order chi connectivity index (χ1) is 9.18. The first-order valence-corrected chi connectivity index (χ1v) is 7.86.